The third-order valence-electron chi connectivity index (χ3n) is 4.51. The lowest BCUT2D eigenvalue weighted by Crippen LogP contribution is -2.33. The molecule has 0 aliphatic carbocycles. The zero-order valence-corrected chi connectivity index (χ0v) is 19.5. The highest BCUT2D eigenvalue weighted by atomic mass is 32.2. The van der Waals surface area contributed by atoms with Gasteiger partial charge in [-0.1, -0.05) is 19.1 Å². The van der Waals surface area contributed by atoms with Crippen molar-refractivity contribution in [2.75, 3.05) is 17.9 Å². The van der Waals surface area contributed by atoms with Gasteiger partial charge in [0.25, 0.3) is 5.91 Å². The molecule has 0 radical (unpaired) electrons. The van der Waals surface area contributed by atoms with Crippen molar-refractivity contribution in [3.8, 4) is 16.5 Å². The number of nitrogens with zero attached hydrogens (tertiary/aromatic N) is 3. The minimum absolute atomic E-state index is 0.183. The second kappa shape index (κ2) is 11.9. The summed E-state index contributed by atoms with van der Waals surface area (Å²) >= 11 is 1.44. The average Bonchev–Trinajstić information content (AvgIpc) is 3.32. The first-order chi connectivity index (χ1) is 15.9. The lowest BCUT2D eigenvalue weighted by Gasteiger charge is -2.24. The SMILES string of the molecule is CCOc1cncc(-c2cnc(C(=O)NC(c3cccc(NSC(F)F)c3)C(C)CO)s2)n1. The molecule has 2 atom stereocenters. The first kappa shape index (κ1) is 24.8. The number of ether oxygens (including phenoxy) is 1. The van der Waals surface area contributed by atoms with E-state index in [0.717, 1.165) is 11.3 Å². The van der Waals surface area contributed by atoms with Gasteiger partial charge in [-0.2, -0.15) is 8.78 Å². The maximum absolute atomic E-state index is 12.9. The molecule has 0 aliphatic heterocycles. The highest BCUT2D eigenvalue weighted by Crippen LogP contribution is 2.29. The number of carbonyl (C=O) groups is 1. The Morgan fingerprint density at radius 1 is 1.30 bits per heavy atom. The summed E-state index contributed by atoms with van der Waals surface area (Å²) in [5, 5.41) is 12.8. The lowest BCUT2D eigenvalue weighted by molar-refractivity contribution is 0.0908. The monoisotopic (exact) mass is 495 g/mol. The van der Waals surface area contributed by atoms with E-state index in [0.29, 0.717) is 34.3 Å². The fraction of sp³-hybridized carbons (Fsp3) is 0.333. The smallest absolute Gasteiger partial charge is 0.302 e. The minimum Gasteiger partial charge on any atom is -0.477 e. The van der Waals surface area contributed by atoms with E-state index in [1.807, 2.05) is 6.92 Å². The predicted octanol–water partition coefficient (Wildman–Crippen LogP) is 4.38. The second-order valence-corrected chi connectivity index (χ2v) is 8.75. The average molecular weight is 496 g/mol. The van der Waals surface area contributed by atoms with Gasteiger partial charge in [0.15, 0.2) is 5.01 Å². The number of alkyl halides is 2. The van der Waals surface area contributed by atoms with Crippen molar-refractivity contribution in [2.45, 2.75) is 25.6 Å². The van der Waals surface area contributed by atoms with Crippen LogP contribution in [0.3, 0.4) is 0 Å². The number of aromatic nitrogens is 3. The van der Waals surface area contributed by atoms with Gasteiger partial charge < -0.3 is 19.9 Å². The molecule has 3 N–H and O–H groups in total. The molecular weight excluding hydrogens is 472 g/mol. The summed E-state index contributed by atoms with van der Waals surface area (Å²) in [4.78, 5) is 26.2. The van der Waals surface area contributed by atoms with E-state index >= 15 is 0 Å². The predicted molar refractivity (Wildman–Crippen MR) is 124 cm³/mol. The van der Waals surface area contributed by atoms with Crippen LogP contribution >= 0.6 is 23.3 Å². The molecule has 0 fully saturated rings. The van der Waals surface area contributed by atoms with Crippen molar-refractivity contribution in [3.63, 3.8) is 0 Å². The van der Waals surface area contributed by atoms with E-state index in [-0.39, 0.29) is 29.5 Å². The molecule has 2 unspecified atom stereocenters. The van der Waals surface area contributed by atoms with Crippen LogP contribution in [0.15, 0.2) is 42.9 Å². The summed E-state index contributed by atoms with van der Waals surface area (Å²) in [5.41, 5.74) is 1.66. The van der Waals surface area contributed by atoms with Gasteiger partial charge in [0.2, 0.25) is 5.88 Å². The quantitative estimate of drug-likeness (QED) is 0.336. The molecule has 3 rings (SSSR count). The van der Waals surface area contributed by atoms with Gasteiger partial charge in [-0.25, -0.2) is 9.97 Å². The molecule has 176 valence electrons. The van der Waals surface area contributed by atoms with Crippen LogP contribution < -0.4 is 14.8 Å². The molecule has 12 heteroatoms. The van der Waals surface area contributed by atoms with Crippen LogP contribution in [-0.4, -0.2) is 44.9 Å². The van der Waals surface area contributed by atoms with Gasteiger partial charge in [0, 0.05) is 36.4 Å². The standard InChI is InChI=1S/C21H23F2N5O3S2/c1-3-31-17-10-24-8-15(26-17)16-9-25-20(32-16)19(30)27-18(12(2)11-29)13-5-4-6-14(7-13)28-33-21(22)23/h4-10,12,18,21,28-29H,3,11H2,1-2H3,(H,27,30). The van der Waals surface area contributed by atoms with Crippen LogP contribution in [0.5, 0.6) is 5.88 Å². The molecular formula is C21H23F2N5O3S2. The van der Waals surface area contributed by atoms with E-state index in [1.165, 1.54) is 12.4 Å². The van der Waals surface area contributed by atoms with Crippen molar-refractivity contribution in [3.05, 3.63) is 53.4 Å². The number of aliphatic hydroxyl groups excluding tert-OH is 1. The number of hydrogen-bond donors (Lipinski definition) is 3. The molecule has 0 saturated carbocycles. The molecule has 0 saturated heterocycles. The Kier molecular flexibility index (Phi) is 8.92. The Morgan fingerprint density at radius 3 is 2.85 bits per heavy atom. The van der Waals surface area contributed by atoms with Crippen molar-refractivity contribution in [1.29, 1.82) is 0 Å². The minimum atomic E-state index is -2.57. The molecule has 3 aromatic rings. The molecule has 2 heterocycles. The Morgan fingerprint density at radius 2 is 2.12 bits per heavy atom. The molecule has 2 aromatic heterocycles. The van der Waals surface area contributed by atoms with Crippen molar-refractivity contribution in [2.24, 2.45) is 5.92 Å². The topological polar surface area (TPSA) is 109 Å². The summed E-state index contributed by atoms with van der Waals surface area (Å²) in [5.74, 6) is -2.95. The summed E-state index contributed by atoms with van der Waals surface area (Å²) in [7, 11) is 0. The number of rotatable bonds is 11. The Bertz CT molecular complexity index is 1070. The fourth-order valence-corrected chi connectivity index (χ4v) is 4.08. The number of anilines is 1. The molecule has 33 heavy (non-hydrogen) atoms. The summed E-state index contributed by atoms with van der Waals surface area (Å²) in [6.45, 7) is 3.89. The van der Waals surface area contributed by atoms with Gasteiger partial charge in [-0.15, -0.1) is 11.3 Å². The number of amides is 1. The molecule has 8 nitrogen and oxygen atoms in total. The maximum Gasteiger partial charge on any atom is 0.302 e. The number of hydrogen-bond acceptors (Lipinski definition) is 9. The molecule has 1 amide bonds. The number of benzene rings is 1. The number of aliphatic hydroxyl groups is 1. The van der Waals surface area contributed by atoms with Crippen molar-refractivity contribution in [1.82, 2.24) is 20.3 Å². The first-order valence-corrected chi connectivity index (χ1v) is 11.7. The van der Waals surface area contributed by atoms with E-state index in [2.05, 4.69) is 25.0 Å². The number of thiazole rings is 1. The molecule has 0 aliphatic rings. The van der Waals surface area contributed by atoms with Crippen molar-refractivity contribution >= 4 is 34.9 Å². The van der Waals surface area contributed by atoms with Gasteiger partial charge >= 0.3 is 5.76 Å². The third kappa shape index (κ3) is 6.83. The van der Waals surface area contributed by atoms with E-state index in [9.17, 15) is 18.7 Å². The Balaban J connectivity index is 1.78. The molecule has 1 aromatic carbocycles. The van der Waals surface area contributed by atoms with E-state index in [1.54, 1.807) is 37.4 Å². The normalized spacial score (nSPS) is 12.9. The van der Waals surface area contributed by atoms with Gasteiger partial charge in [-0.05, 0) is 24.6 Å². The van der Waals surface area contributed by atoms with Crippen LogP contribution in [0, 0.1) is 5.92 Å². The summed E-state index contributed by atoms with van der Waals surface area (Å²) in [6.07, 6.45) is 4.60. The van der Waals surface area contributed by atoms with Crippen LogP contribution in [0.25, 0.3) is 10.6 Å². The molecule has 0 bridgehead atoms. The third-order valence-corrected chi connectivity index (χ3v) is 6.06. The maximum atomic E-state index is 12.9. The number of halogens is 2. The van der Waals surface area contributed by atoms with E-state index in [4.69, 9.17) is 4.74 Å². The largest absolute Gasteiger partial charge is 0.477 e. The lowest BCUT2D eigenvalue weighted by atomic mass is 9.94. The van der Waals surface area contributed by atoms with Gasteiger partial charge in [-0.3, -0.25) is 9.78 Å². The number of carbonyl (C=O) groups excluding carboxylic acids is 1. The van der Waals surface area contributed by atoms with Crippen LogP contribution in [-0.2, 0) is 0 Å². The van der Waals surface area contributed by atoms with Gasteiger partial charge in [0.05, 0.1) is 29.9 Å². The molecule has 0 spiro atoms. The fourth-order valence-electron chi connectivity index (χ4n) is 2.95. The number of nitrogens with one attached hydrogen (secondary N) is 2. The zero-order chi connectivity index (χ0) is 23.8. The first-order valence-electron chi connectivity index (χ1n) is 10.0. The van der Waals surface area contributed by atoms with Crippen LogP contribution in [0.1, 0.15) is 35.3 Å². The second-order valence-electron chi connectivity index (χ2n) is 6.92. The van der Waals surface area contributed by atoms with Gasteiger partial charge in [0.1, 0.15) is 5.69 Å². The van der Waals surface area contributed by atoms with Crippen LogP contribution in [0.4, 0.5) is 14.5 Å². The Hall–Kier alpha value is -2.83. The summed E-state index contributed by atoms with van der Waals surface area (Å²) in [6, 6.07) is 6.20. The van der Waals surface area contributed by atoms with E-state index < -0.39 is 17.7 Å². The van der Waals surface area contributed by atoms with Crippen LogP contribution in [0.2, 0.25) is 0 Å². The zero-order valence-electron chi connectivity index (χ0n) is 17.9. The highest BCUT2D eigenvalue weighted by Gasteiger charge is 2.24. The highest BCUT2D eigenvalue weighted by molar-refractivity contribution is 8.00. The van der Waals surface area contributed by atoms with Crippen molar-refractivity contribution < 1.29 is 23.4 Å². The summed E-state index contributed by atoms with van der Waals surface area (Å²) < 4.78 is 32.9. The Labute approximate surface area is 198 Å².